The van der Waals surface area contributed by atoms with Crippen LogP contribution in [0.5, 0.6) is 0 Å². The average Bonchev–Trinajstić information content (AvgIpc) is 2.16. The van der Waals surface area contributed by atoms with E-state index >= 15 is 0 Å². The third-order valence-electron chi connectivity index (χ3n) is 1.21. The fourth-order valence-corrected chi connectivity index (χ4v) is 0.586. The lowest BCUT2D eigenvalue weighted by molar-refractivity contribution is -0.120. The Morgan fingerprint density at radius 1 is 1.58 bits per heavy atom. The Labute approximate surface area is 70.2 Å². The Hall–Kier alpha value is -1.65. The number of hydrazine groups is 1. The zero-order valence-corrected chi connectivity index (χ0v) is 6.74. The first kappa shape index (κ1) is 8.45. The van der Waals surface area contributed by atoms with Crippen LogP contribution in [0.4, 0.5) is 5.82 Å². The summed E-state index contributed by atoms with van der Waals surface area (Å²) in [5.41, 5.74) is 5.08. The van der Waals surface area contributed by atoms with E-state index in [-0.39, 0.29) is 5.91 Å². The van der Waals surface area contributed by atoms with Crippen LogP contribution in [0.3, 0.4) is 0 Å². The minimum atomic E-state index is -0.0827. The molecule has 0 aliphatic rings. The number of carbonyl (C=O) groups excluding carboxylic acids is 1. The lowest BCUT2D eigenvalue weighted by Crippen LogP contribution is -2.28. The molecule has 1 aromatic heterocycles. The van der Waals surface area contributed by atoms with Crippen LogP contribution >= 0.6 is 0 Å². The van der Waals surface area contributed by atoms with Crippen LogP contribution in [0.25, 0.3) is 0 Å². The molecule has 0 saturated carbocycles. The van der Waals surface area contributed by atoms with Crippen LogP contribution in [0.1, 0.15) is 13.3 Å². The van der Waals surface area contributed by atoms with Crippen molar-refractivity contribution >= 4 is 11.7 Å². The van der Waals surface area contributed by atoms with Gasteiger partial charge in [-0.15, -0.1) is 0 Å². The number of aromatic nitrogens is 2. The number of carbonyl (C=O) groups is 1. The summed E-state index contributed by atoms with van der Waals surface area (Å²) in [5.74, 6) is 0.444. The van der Waals surface area contributed by atoms with E-state index in [4.69, 9.17) is 0 Å². The molecule has 0 unspecified atom stereocenters. The zero-order chi connectivity index (χ0) is 8.81. The van der Waals surface area contributed by atoms with E-state index in [2.05, 4.69) is 20.8 Å². The lowest BCUT2D eigenvalue weighted by atomic mass is 10.5. The van der Waals surface area contributed by atoms with E-state index in [1.165, 1.54) is 6.20 Å². The molecule has 0 aromatic carbocycles. The first-order valence-electron chi connectivity index (χ1n) is 3.63. The molecule has 0 radical (unpaired) electrons. The quantitative estimate of drug-likeness (QED) is 0.635. The number of hydrogen-bond acceptors (Lipinski definition) is 4. The molecule has 0 aliphatic carbocycles. The summed E-state index contributed by atoms with van der Waals surface area (Å²) in [6, 6.07) is 0. The maximum absolute atomic E-state index is 10.8. The SMILES string of the molecule is CCC(=O)NNc1cnccn1. The molecule has 64 valence electrons. The molecule has 5 heteroatoms. The second-order valence-electron chi connectivity index (χ2n) is 2.12. The van der Waals surface area contributed by atoms with Crippen molar-refractivity contribution in [1.29, 1.82) is 0 Å². The summed E-state index contributed by atoms with van der Waals surface area (Å²) in [5, 5.41) is 0. The first-order chi connectivity index (χ1) is 5.83. The molecule has 12 heavy (non-hydrogen) atoms. The molecule has 0 atom stereocenters. The smallest absolute Gasteiger partial charge is 0.238 e. The van der Waals surface area contributed by atoms with E-state index in [0.717, 1.165) is 0 Å². The number of hydrogen-bond donors (Lipinski definition) is 2. The van der Waals surface area contributed by atoms with Crippen molar-refractivity contribution in [2.45, 2.75) is 13.3 Å². The van der Waals surface area contributed by atoms with Gasteiger partial charge in [-0.25, -0.2) is 4.98 Å². The molecule has 2 N–H and O–H groups in total. The molecule has 1 amide bonds. The van der Waals surface area contributed by atoms with Crippen LogP contribution in [-0.2, 0) is 4.79 Å². The minimum absolute atomic E-state index is 0.0827. The normalized spacial score (nSPS) is 9.08. The minimum Gasteiger partial charge on any atom is -0.281 e. The fraction of sp³-hybridized carbons (Fsp3) is 0.286. The Morgan fingerprint density at radius 2 is 2.42 bits per heavy atom. The molecule has 0 saturated heterocycles. The van der Waals surface area contributed by atoms with Gasteiger partial charge in [0, 0.05) is 18.8 Å². The van der Waals surface area contributed by atoms with Gasteiger partial charge in [-0.2, -0.15) is 0 Å². The van der Waals surface area contributed by atoms with E-state index in [1.807, 2.05) is 0 Å². The third kappa shape index (κ3) is 2.53. The second-order valence-corrected chi connectivity index (χ2v) is 2.12. The number of anilines is 1. The van der Waals surface area contributed by atoms with Crippen LogP contribution in [0, 0.1) is 0 Å². The third-order valence-corrected chi connectivity index (χ3v) is 1.21. The van der Waals surface area contributed by atoms with Crippen molar-refractivity contribution in [3.05, 3.63) is 18.6 Å². The van der Waals surface area contributed by atoms with Crippen molar-refractivity contribution in [2.75, 3.05) is 5.43 Å². The number of nitrogens with one attached hydrogen (secondary N) is 2. The summed E-state index contributed by atoms with van der Waals surface area (Å²) < 4.78 is 0. The van der Waals surface area contributed by atoms with E-state index in [0.29, 0.717) is 12.2 Å². The number of amides is 1. The van der Waals surface area contributed by atoms with Crippen molar-refractivity contribution in [1.82, 2.24) is 15.4 Å². The Bertz CT molecular complexity index is 249. The molecule has 1 heterocycles. The molecule has 0 spiro atoms. The van der Waals surface area contributed by atoms with Crippen molar-refractivity contribution in [3.63, 3.8) is 0 Å². The maximum atomic E-state index is 10.8. The van der Waals surface area contributed by atoms with Gasteiger partial charge >= 0.3 is 0 Å². The fourth-order valence-electron chi connectivity index (χ4n) is 0.586. The van der Waals surface area contributed by atoms with Crippen LogP contribution in [-0.4, -0.2) is 15.9 Å². The van der Waals surface area contributed by atoms with Gasteiger partial charge in [-0.1, -0.05) is 6.92 Å². The standard InChI is InChI=1S/C7H10N4O/c1-2-7(12)11-10-6-5-8-3-4-9-6/h3-5H,2H2,1H3,(H,9,10)(H,11,12). The highest BCUT2D eigenvalue weighted by atomic mass is 16.2. The predicted octanol–water partition coefficient (Wildman–Crippen LogP) is 0.330. The molecule has 0 aliphatic heterocycles. The predicted molar refractivity (Wildman–Crippen MR) is 44.1 cm³/mol. The molecule has 1 aromatic rings. The van der Waals surface area contributed by atoms with Gasteiger partial charge in [0.25, 0.3) is 0 Å². The van der Waals surface area contributed by atoms with Gasteiger partial charge in [0.2, 0.25) is 5.91 Å². The van der Waals surface area contributed by atoms with Gasteiger partial charge in [-0.05, 0) is 0 Å². The van der Waals surface area contributed by atoms with Crippen molar-refractivity contribution < 1.29 is 4.79 Å². The summed E-state index contributed by atoms with van der Waals surface area (Å²) >= 11 is 0. The van der Waals surface area contributed by atoms with Gasteiger partial charge in [-0.3, -0.25) is 20.6 Å². The van der Waals surface area contributed by atoms with E-state index < -0.39 is 0 Å². The average molecular weight is 166 g/mol. The van der Waals surface area contributed by atoms with Gasteiger partial charge in [0.1, 0.15) is 0 Å². The highest BCUT2D eigenvalue weighted by Gasteiger charge is 1.95. The van der Waals surface area contributed by atoms with Gasteiger partial charge in [0.15, 0.2) is 5.82 Å². The summed E-state index contributed by atoms with van der Waals surface area (Å²) in [6.45, 7) is 1.77. The van der Waals surface area contributed by atoms with Gasteiger partial charge in [0.05, 0.1) is 6.20 Å². The zero-order valence-electron chi connectivity index (χ0n) is 6.74. The molecule has 1 rings (SSSR count). The second kappa shape index (κ2) is 4.27. The Kier molecular flexibility index (Phi) is 3.01. The van der Waals surface area contributed by atoms with Crippen LogP contribution < -0.4 is 10.9 Å². The monoisotopic (exact) mass is 166 g/mol. The Balaban J connectivity index is 2.38. The highest BCUT2D eigenvalue weighted by molar-refractivity contribution is 5.76. The molecule has 0 fully saturated rings. The van der Waals surface area contributed by atoms with Crippen LogP contribution in [0.2, 0.25) is 0 Å². The lowest BCUT2D eigenvalue weighted by Gasteiger charge is -2.04. The van der Waals surface area contributed by atoms with E-state index in [1.54, 1.807) is 19.3 Å². The number of nitrogens with zero attached hydrogens (tertiary/aromatic N) is 2. The highest BCUT2D eigenvalue weighted by Crippen LogP contribution is 1.93. The summed E-state index contributed by atoms with van der Waals surface area (Å²) in [4.78, 5) is 18.5. The topological polar surface area (TPSA) is 66.9 Å². The first-order valence-corrected chi connectivity index (χ1v) is 3.63. The largest absolute Gasteiger partial charge is 0.281 e. The van der Waals surface area contributed by atoms with Gasteiger partial charge < -0.3 is 0 Å². The number of rotatable bonds is 3. The van der Waals surface area contributed by atoms with Crippen LogP contribution in [0.15, 0.2) is 18.6 Å². The maximum Gasteiger partial charge on any atom is 0.238 e. The molecular weight excluding hydrogens is 156 g/mol. The summed E-state index contributed by atoms with van der Waals surface area (Å²) in [6.07, 6.45) is 5.07. The molecule has 5 nitrogen and oxygen atoms in total. The summed E-state index contributed by atoms with van der Waals surface area (Å²) in [7, 11) is 0. The van der Waals surface area contributed by atoms with E-state index in [9.17, 15) is 4.79 Å². The molecule has 0 bridgehead atoms. The Morgan fingerprint density at radius 3 is 3.00 bits per heavy atom. The van der Waals surface area contributed by atoms with Crippen molar-refractivity contribution in [3.8, 4) is 0 Å². The molecular formula is C7H10N4O. The van der Waals surface area contributed by atoms with Crippen molar-refractivity contribution in [2.24, 2.45) is 0 Å².